The van der Waals surface area contributed by atoms with E-state index in [1.165, 1.54) is 15.6 Å². The molecule has 0 aliphatic rings. The molecule has 2 rings (SSSR count). The van der Waals surface area contributed by atoms with Crippen LogP contribution in [-0.4, -0.2) is 23.9 Å². The molecule has 0 aliphatic heterocycles. The second-order valence-electron chi connectivity index (χ2n) is 6.27. The lowest BCUT2D eigenvalue weighted by molar-refractivity contribution is -0.0872. The lowest BCUT2D eigenvalue weighted by Crippen LogP contribution is -2.41. The summed E-state index contributed by atoms with van der Waals surface area (Å²) in [6.45, 7) is 8.95. The Labute approximate surface area is 125 Å². The molecule has 0 spiro atoms. The molecule has 2 atom stereocenters. The number of ether oxygens (including phenoxy) is 1. The molecule has 1 N–H and O–H groups in total. The van der Waals surface area contributed by atoms with Gasteiger partial charge in [0.05, 0.1) is 12.2 Å². The normalized spacial score (nSPS) is 15.4. The maximum Gasteiger partial charge on any atom is 0.0885 e. The first kappa shape index (κ1) is 15.5. The third-order valence-electron chi connectivity index (χ3n) is 3.54. The highest BCUT2D eigenvalue weighted by Gasteiger charge is 2.32. The molecule has 3 heteroatoms. The third-order valence-corrected chi connectivity index (χ3v) is 4.55. The summed E-state index contributed by atoms with van der Waals surface area (Å²) in [5.41, 5.74) is 1.15. The van der Waals surface area contributed by atoms with Crippen molar-refractivity contribution in [1.82, 2.24) is 0 Å². The molecule has 1 heterocycles. The summed E-state index contributed by atoms with van der Waals surface area (Å²) in [7, 11) is 0. The molecule has 2 nitrogen and oxygen atoms in total. The van der Waals surface area contributed by atoms with Gasteiger partial charge in [-0.25, -0.2) is 0 Å². The summed E-state index contributed by atoms with van der Waals surface area (Å²) in [5, 5.41) is 14.0. The molecule has 0 saturated heterocycles. The zero-order valence-electron chi connectivity index (χ0n) is 12.7. The van der Waals surface area contributed by atoms with Gasteiger partial charge in [0.15, 0.2) is 0 Å². The van der Waals surface area contributed by atoms with Gasteiger partial charge in [0.25, 0.3) is 0 Å². The number of rotatable bonds is 5. The number of hydrogen-bond donors (Lipinski definition) is 1. The minimum Gasteiger partial charge on any atom is -0.390 e. The first-order valence-electron chi connectivity index (χ1n) is 7.18. The summed E-state index contributed by atoms with van der Waals surface area (Å²) in [6.07, 6.45) is 0.0190. The number of aliphatic hydroxyl groups excluding tert-OH is 1. The summed E-state index contributed by atoms with van der Waals surface area (Å²) in [4.78, 5) is 0. The van der Waals surface area contributed by atoms with Gasteiger partial charge in [-0.05, 0) is 34.7 Å². The van der Waals surface area contributed by atoms with E-state index in [9.17, 15) is 5.11 Å². The van der Waals surface area contributed by atoms with Gasteiger partial charge in [-0.3, -0.25) is 0 Å². The average molecular weight is 292 g/mol. The summed E-state index contributed by atoms with van der Waals surface area (Å²) < 4.78 is 7.06. The van der Waals surface area contributed by atoms with Crippen LogP contribution in [0.3, 0.4) is 0 Å². The van der Waals surface area contributed by atoms with Gasteiger partial charge in [0, 0.05) is 17.7 Å². The van der Waals surface area contributed by atoms with Crippen molar-refractivity contribution >= 4 is 21.4 Å². The predicted octanol–water partition coefficient (Wildman–Crippen LogP) is 4.26. The topological polar surface area (TPSA) is 29.5 Å². The SMILES string of the molecule is CCOC(C(O)Cc1csc2ccccc12)C(C)(C)C. The highest BCUT2D eigenvalue weighted by molar-refractivity contribution is 7.17. The van der Waals surface area contributed by atoms with Gasteiger partial charge in [-0.2, -0.15) is 0 Å². The molecule has 20 heavy (non-hydrogen) atoms. The van der Waals surface area contributed by atoms with E-state index in [-0.39, 0.29) is 11.5 Å². The summed E-state index contributed by atoms with van der Waals surface area (Å²) in [6, 6.07) is 8.35. The average Bonchev–Trinajstić information content (AvgIpc) is 2.78. The molecule has 1 aromatic heterocycles. The lowest BCUT2D eigenvalue weighted by Gasteiger charge is -2.34. The molecular weight excluding hydrogens is 268 g/mol. The molecule has 0 fully saturated rings. The molecule has 0 radical (unpaired) electrons. The second kappa shape index (κ2) is 6.25. The van der Waals surface area contributed by atoms with Crippen molar-refractivity contribution in [2.24, 2.45) is 5.41 Å². The third kappa shape index (κ3) is 3.40. The van der Waals surface area contributed by atoms with Gasteiger partial charge in [-0.15, -0.1) is 11.3 Å². The number of aliphatic hydroxyl groups is 1. The van der Waals surface area contributed by atoms with E-state index in [2.05, 4.69) is 50.4 Å². The van der Waals surface area contributed by atoms with Crippen LogP contribution in [0.15, 0.2) is 29.6 Å². The van der Waals surface area contributed by atoms with Crippen molar-refractivity contribution in [3.8, 4) is 0 Å². The van der Waals surface area contributed by atoms with Crippen LogP contribution in [0.5, 0.6) is 0 Å². The zero-order chi connectivity index (χ0) is 14.8. The Morgan fingerprint density at radius 2 is 1.95 bits per heavy atom. The number of fused-ring (bicyclic) bond motifs is 1. The Morgan fingerprint density at radius 3 is 2.60 bits per heavy atom. The van der Waals surface area contributed by atoms with Gasteiger partial charge in [-0.1, -0.05) is 39.0 Å². The molecule has 0 bridgehead atoms. The zero-order valence-corrected chi connectivity index (χ0v) is 13.5. The monoisotopic (exact) mass is 292 g/mol. The maximum absolute atomic E-state index is 10.6. The van der Waals surface area contributed by atoms with Crippen molar-refractivity contribution in [2.45, 2.75) is 46.3 Å². The Balaban J connectivity index is 2.19. The molecule has 2 unspecified atom stereocenters. The standard InChI is InChI=1S/C17H24O2S/c1-5-19-16(17(2,3)4)14(18)10-12-11-20-15-9-7-6-8-13(12)15/h6-9,11,14,16,18H,5,10H2,1-4H3. The van der Waals surface area contributed by atoms with Crippen LogP contribution in [0.4, 0.5) is 0 Å². The van der Waals surface area contributed by atoms with E-state index in [0.717, 1.165) is 0 Å². The van der Waals surface area contributed by atoms with Crippen LogP contribution in [0, 0.1) is 5.41 Å². The van der Waals surface area contributed by atoms with Crippen LogP contribution in [0.1, 0.15) is 33.3 Å². The van der Waals surface area contributed by atoms with Crippen LogP contribution < -0.4 is 0 Å². The largest absolute Gasteiger partial charge is 0.390 e. The molecular formula is C17H24O2S. The lowest BCUT2D eigenvalue weighted by atomic mass is 9.83. The van der Waals surface area contributed by atoms with E-state index in [4.69, 9.17) is 4.74 Å². The number of benzene rings is 1. The molecule has 1 aromatic carbocycles. The van der Waals surface area contributed by atoms with E-state index in [0.29, 0.717) is 13.0 Å². The fraction of sp³-hybridized carbons (Fsp3) is 0.529. The van der Waals surface area contributed by atoms with E-state index < -0.39 is 6.10 Å². The Morgan fingerprint density at radius 1 is 1.25 bits per heavy atom. The fourth-order valence-corrected chi connectivity index (χ4v) is 3.62. The van der Waals surface area contributed by atoms with E-state index in [1.807, 2.05) is 6.92 Å². The van der Waals surface area contributed by atoms with Crippen molar-refractivity contribution in [1.29, 1.82) is 0 Å². The maximum atomic E-state index is 10.6. The molecule has 0 aliphatic carbocycles. The number of thiophene rings is 1. The fourth-order valence-electron chi connectivity index (χ4n) is 2.64. The first-order valence-corrected chi connectivity index (χ1v) is 8.06. The van der Waals surface area contributed by atoms with Crippen LogP contribution in [-0.2, 0) is 11.2 Å². The quantitative estimate of drug-likeness (QED) is 0.892. The molecule has 2 aromatic rings. The minimum absolute atomic E-state index is 0.0682. The van der Waals surface area contributed by atoms with Crippen LogP contribution in [0.2, 0.25) is 0 Å². The second-order valence-corrected chi connectivity index (χ2v) is 7.18. The van der Waals surface area contributed by atoms with Gasteiger partial charge >= 0.3 is 0 Å². The Kier molecular flexibility index (Phi) is 4.84. The predicted molar refractivity (Wildman–Crippen MR) is 86.4 cm³/mol. The molecule has 0 saturated carbocycles. The van der Waals surface area contributed by atoms with Crippen LogP contribution >= 0.6 is 11.3 Å². The Hall–Kier alpha value is -0.900. The van der Waals surface area contributed by atoms with E-state index >= 15 is 0 Å². The van der Waals surface area contributed by atoms with Gasteiger partial charge < -0.3 is 9.84 Å². The van der Waals surface area contributed by atoms with Gasteiger partial charge in [0.2, 0.25) is 0 Å². The highest BCUT2D eigenvalue weighted by atomic mass is 32.1. The van der Waals surface area contributed by atoms with Crippen molar-refractivity contribution in [3.63, 3.8) is 0 Å². The van der Waals surface area contributed by atoms with E-state index in [1.54, 1.807) is 11.3 Å². The summed E-state index contributed by atoms with van der Waals surface area (Å²) in [5.74, 6) is 0. The van der Waals surface area contributed by atoms with Crippen molar-refractivity contribution < 1.29 is 9.84 Å². The first-order chi connectivity index (χ1) is 9.43. The van der Waals surface area contributed by atoms with Crippen molar-refractivity contribution in [3.05, 3.63) is 35.2 Å². The number of hydrogen-bond acceptors (Lipinski definition) is 3. The molecule has 0 amide bonds. The van der Waals surface area contributed by atoms with Gasteiger partial charge in [0.1, 0.15) is 0 Å². The summed E-state index contributed by atoms with van der Waals surface area (Å²) >= 11 is 1.74. The van der Waals surface area contributed by atoms with Crippen LogP contribution in [0.25, 0.3) is 10.1 Å². The smallest absolute Gasteiger partial charge is 0.0885 e. The minimum atomic E-state index is -0.479. The Bertz CT molecular complexity index is 553. The highest BCUT2D eigenvalue weighted by Crippen LogP contribution is 2.30. The van der Waals surface area contributed by atoms with Crippen molar-refractivity contribution in [2.75, 3.05) is 6.61 Å². The molecule has 110 valence electrons.